The van der Waals surface area contributed by atoms with Crippen LogP contribution in [0.4, 0.5) is 5.82 Å². The van der Waals surface area contributed by atoms with Crippen molar-refractivity contribution in [2.75, 3.05) is 18.4 Å². The van der Waals surface area contributed by atoms with E-state index in [-0.39, 0.29) is 5.91 Å². The van der Waals surface area contributed by atoms with Crippen LogP contribution >= 0.6 is 0 Å². The van der Waals surface area contributed by atoms with Gasteiger partial charge in [0.2, 0.25) is 0 Å². The summed E-state index contributed by atoms with van der Waals surface area (Å²) in [5.74, 6) is 2.71. The molecule has 0 unspecified atom stereocenters. The van der Waals surface area contributed by atoms with E-state index < -0.39 is 0 Å². The van der Waals surface area contributed by atoms with Gasteiger partial charge in [-0.3, -0.25) is 4.79 Å². The minimum Gasteiger partial charge on any atom is -0.370 e. The number of hydrogen-bond donors (Lipinski definition) is 2. The van der Waals surface area contributed by atoms with Gasteiger partial charge in [-0.15, -0.1) is 0 Å². The van der Waals surface area contributed by atoms with Gasteiger partial charge in [-0.05, 0) is 12.8 Å². The number of anilines is 1. The minimum atomic E-state index is -0.131. The number of hydrogen-bond acceptors (Lipinski definition) is 5. The SMILES string of the molecule is CC(C)c1nccn1CCCNc1nc(-c2ccccc2)nc2c1CCNC2=O. The Morgan fingerprint density at radius 2 is 2.03 bits per heavy atom. The molecular formula is C22H26N6O. The highest BCUT2D eigenvalue weighted by molar-refractivity contribution is 5.96. The van der Waals surface area contributed by atoms with E-state index in [9.17, 15) is 4.79 Å². The van der Waals surface area contributed by atoms with E-state index in [2.05, 4.69) is 39.0 Å². The van der Waals surface area contributed by atoms with Gasteiger partial charge in [-0.1, -0.05) is 44.2 Å². The summed E-state index contributed by atoms with van der Waals surface area (Å²) < 4.78 is 2.20. The fraction of sp³-hybridized carbons (Fsp3) is 0.364. The van der Waals surface area contributed by atoms with Crippen molar-refractivity contribution in [3.8, 4) is 11.4 Å². The molecule has 4 rings (SSSR count). The summed E-state index contributed by atoms with van der Waals surface area (Å²) in [7, 11) is 0. The Bertz CT molecular complexity index is 996. The summed E-state index contributed by atoms with van der Waals surface area (Å²) in [4.78, 5) is 26.1. The molecule has 0 saturated carbocycles. The van der Waals surface area contributed by atoms with Crippen molar-refractivity contribution in [3.05, 3.63) is 59.8 Å². The first kappa shape index (κ1) is 19.1. The van der Waals surface area contributed by atoms with Gasteiger partial charge in [0.05, 0.1) is 0 Å². The van der Waals surface area contributed by atoms with E-state index in [1.165, 1.54) is 0 Å². The molecule has 150 valence electrons. The van der Waals surface area contributed by atoms with Gasteiger partial charge in [0.15, 0.2) is 5.82 Å². The minimum absolute atomic E-state index is 0.131. The number of carbonyl (C=O) groups is 1. The molecule has 0 atom stereocenters. The zero-order valence-corrected chi connectivity index (χ0v) is 16.9. The van der Waals surface area contributed by atoms with E-state index in [0.717, 1.165) is 48.7 Å². The maximum absolute atomic E-state index is 12.4. The highest BCUT2D eigenvalue weighted by Gasteiger charge is 2.24. The smallest absolute Gasteiger partial charge is 0.270 e. The number of rotatable bonds is 7. The number of carbonyl (C=O) groups excluding carboxylic acids is 1. The number of amides is 1. The number of aryl methyl sites for hydroxylation is 1. The van der Waals surface area contributed by atoms with Gasteiger partial charge in [-0.2, -0.15) is 0 Å². The number of fused-ring (bicyclic) bond motifs is 1. The van der Waals surface area contributed by atoms with Crippen molar-refractivity contribution in [3.63, 3.8) is 0 Å². The van der Waals surface area contributed by atoms with Gasteiger partial charge in [0.1, 0.15) is 17.3 Å². The molecule has 7 heteroatoms. The second-order valence-electron chi connectivity index (χ2n) is 7.51. The average Bonchev–Trinajstić information content (AvgIpc) is 3.21. The molecule has 2 aromatic heterocycles. The van der Waals surface area contributed by atoms with Crippen LogP contribution in [0.15, 0.2) is 42.7 Å². The maximum atomic E-state index is 12.4. The van der Waals surface area contributed by atoms with Crippen LogP contribution in [-0.4, -0.2) is 38.5 Å². The molecule has 2 N–H and O–H groups in total. The molecule has 1 aliphatic heterocycles. The first-order chi connectivity index (χ1) is 14.1. The number of nitrogens with one attached hydrogen (secondary N) is 2. The topological polar surface area (TPSA) is 84.7 Å². The summed E-state index contributed by atoms with van der Waals surface area (Å²) >= 11 is 0. The second kappa shape index (κ2) is 8.43. The summed E-state index contributed by atoms with van der Waals surface area (Å²) in [5, 5.41) is 6.33. The lowest BCUT2D eigenvalue weighted by atomic mass is 10.1. The first-order valence-corrected chi connectivity index (χ1v) is 10.1. The summed E-state index contributed by atoms with van der Waals surface area (Å²) in [5.41, 5.74) is 2.28. The van der Waals surface area contributed by atoms with Gasteiger partial charge in [-0.25, -0.2) is 15.0 Å². The van der Waals surface area contributed by atoms with Crippen LogP contribution in [0.2, 0.25) is 0 Å². The zero-order chi connectivity index (χ0) is 20.2. The molecule has 29 heavy (non-hydrogen) atoms. The van der Waals surface area contributed by atoms with Gasteiger partial charge in [0.25, 0.3) is 5.91 Å². The van der Waals surface area contributed by atoms with Crippen molar-refractivity contribution in [2.45, 2.75) is 39.2 Å². The third-order valence-electron chi connectivity index (χ3n) is 5.05. The molecule has 0 aliphatic carbocycles. The number of nitrogens with zero attached hydrogens (tertiary/aromatic N) is 4. The lowest BCUT2D eigenvalue weighted by Gasteiger charge is -2.20. The van der Waals surface area contributed by atoms with Crippen molar-refractivity contribution >= 4 is 11.7 Å². The van der Waals surface area contributed by atoms with Crippen LogP contribution in [0, 0.1) is 0 Å². The molecule has 1 aliphatic rings. The van der Waals surface area contributed by atoms with Gasteiger partial charge >= 0.3 is 0 Å². The Morgan fingerprint density at radius 1 is 1.21 bits per heavy atom. The van der Waals surface area contributed by atoms with Crippen LogP contribution < -0.4 is 10.6 Å². The fourth-order valence-corrected chi connectivity index (χ4v) is 3.62. The van der Waals surface area contributed by atoms with Crippen LogP contribution in [0.25, 0.3) is 11.4 Å². The van der Waals surface area contributed by atoms with E-state index in [4.69, 9.17) is 4.98 Å². The molecule has 0 saturated heterocycles. The molecule has 0 bridgehead atoms. The van der Waals surface area contributed by atoms with E-state index in [0.29, 0.717) is 24.0 Å². The molecule has 3 aromatic rings. The van der Waals surface area contributed by atoms with Crippen molar-refractivity contribution < 1.29 is 4.79 Å². The van der Waals surface area contributed by atoms with Crippen LogP contribution in [0.5, 0.6) is 0 Å². The molecule has 7 nitrogen and oxygen atoms in total. The molecule has 1 aromatic carbocycles. The van der Waals surface area contributed by atoms with E-state index in [1.54, 1.807) is 0 Å². The Kier molecular flexibility index (Phi) is 5.55. The highest BCUT2D eigenvalue weighted by atomic mass is 16.1. The van der Waals surface area contributed by atoms with Gasteiger partial charge in [0, 0.05) is 49.1 Å². The molecule has 0 radical (unpaired) electrons. The van der Waals surface area contributed by atoms with Crippen molar-refractivity contribution in [1.29, 1.82) is 0 Å². The molecule has 1 amide bonds. The number of benzene rings is 1. The lowest BCUT2D eigenvalue weighted by molar-refractivity contribution is 0.0940. The average molecular weight is 390 g/mol. The highest BCUT2D eigenvalue weighted by Crippen LogP contribution is 2.25. The molecular weight excluding hydrogens is 364 g/mol. The monoisotopic (exact) mass is 390 g/mol. The normalized spacial score (nSPS) is 13.3. The summed E-state index contributed by atoms with van der Waals surface area (Å²) in [6, 6.07) is 9.76. The predicted molar refractivity (Wildman–Crippen MR) is 113 cm³/mol. The zero-order valence-electron chi connectivity index (χ0n) is 16.9. The third kappa shape index (κ3) is 4.13. The van der Waals surface area contributed by atoms with Crippen LogP contribution in [0.1, 0.15) is 48.1 Å². The molecule has 0 spiro atoms. The Hall–Kier alpha value is -3.22. The Labute approximate surface area is 170 Å². The first-order valence-electron chi connectivity index (χ1n) is 10.1. The molecule has 3 heterocycles. The Morgan fingerprint density at radius 3 is 2.83 bits per heavy atom. The predicted octanol–water partition coefficient (Wildman–Crippen LogP) is 3.25. The third-order valence-corrected chi connectivity index (χ3v) is 5.05. The maximum Gasteiger partial charge on any atom is 0.270 e. The summed E-state index contributed by atoms with van der Waals surface area (Å²) in [6.45, 7) is 6.57. The fourth-order valence-electron chi connectivity index (χ4n) is 3.62. The standard InChI is InChI=1S/C22H26N6O/c1-15(2)21-24-12-14-28(21)13-6-10-23-20-17-9-11-25-22(29)18(17)26-19(27-20)16-7-4-3-5-8-16/h3-5,7-8,12,14-15H,6,9-11,13H2,1-2H3,(H,25,29)(H,23,26,27). The largest absolute Gasteiger partial charge is 0.370 e. The van der Waals surface area contributed by atoms with Crippen molar-refractivity contribution in [2.24, 2.45) is 0 Å². The summed E-state index contributed by atoms with van der Waals surface area (Å²) in [6.07, 6.45) is 5.55. The number of aromatic nitrogens is 4. The lowest BCUT2D eigenvalue weighted by Crippen LogP contribution is -2.34. The number of imidazole rings is 1. The molecule has 0 fully saturated rings. The van der Waals surface area contributed by atoms with Gasteiger partial charge < -0.3 is 15.2 Å². The van der Waals surface area contributed by atoms with E-state index in [1.807, 2.05) is 42.7 Å². The Balaban J connectivity index is 1.52. The van der Waals surface area contributed by atoms with Crippen molar-refractivity contribution in [1.82, 2.24) is 24.8 Å². The van der Waals surface area contributed by atoms with E-state index >= 15 is 0 Å². The van der Waals surface area contributed by atoms with Crippen LogP contribution in [0.3, 0.4) is 0 Å². The quantitative estimate of drug-likeness (QED) is 0.605. The van der Waals surface area contributed by atoms with Crippen LogP contribution in [-0.2, 0) is 13.0 Å². The second-order valence-corrected chi connectivity index (χ2v) is 7.51.